The minimum Gasteiger partial charge on any atom is -0.477 e. The van der Waals surface area contributed by atoms with E-state index in [9.17, 15) is 75.7 Å². The molecule has 3 rings (SSSR count). The molecule has 23 heteroatoms. The molecule has 2 amide bonds. The molecule has 0 unspecified atom stereocenters. The van der Waals surface area contributed by atoms with Crippen molar-refractivity contribution in [2.24, 2.45) is 0 Å². The van der Waals surface area contributed by atoms with Gasteiger partial charge in [0, 0.05) is 19.8 Å². The van der Waals surface area contributed by atoms with Crippen molar-refractivity contribution in [3.05, 3.63) is 12.2 Å². The SMILES string of the molecule is CCCCCCCCCCCCCCC/C=C/[C@@H](O)[C@H](CO[C@@H]1O[C@H](CO)[C@@H](O[C@@H]2O[C@H](CO)[C@H](O)[C@H](O[C@]3(C(=O)O)C[C@H](O)[C@@H](NC(C)=O)[C@H]([C@H](O)[C@H](O)CO)O3)[C@H]2O)[C@H](O)[C@H]1O)NC(=O)CCCCCCCCCCCCCCCCCCCCC. The molecule has 0 saturated carbocycles. The quantitative estimate of drug-likeness (QED) is 0.0264. The van der Waals surface area contributed by atoms with Crippen LogP contribution in [-0.4, -0.2) is 215 Å². The molecule has 3 aliphatic rings. The second kappa shape index (κ2) is 46.5. The molecule has 0 aliphatic carbocycles. The van der Waals surface area contributed by atoms with E-state index in [0.717, 1.165) is 51.9 Å². The Bertz CT molecular complexity index is 1840. The second-order valence-electron chi connectivity index (χ2n) is 25.0. The van der Waals surface area contributed by atoms with E-state index in [2.05, 4.69) is 24.5 Å². The lowest BCUT2D eigenvalue weighted by molar-refractivity contribution is -0.386. The standard InChI is InChI=1S/C65H120N2O21/c1-4-6-8-10-12-14-16-18-20-21-22-23-25-27-29-31-33-35-37-39-52(75)67-46(47(72)38-36-34-32-30-28-26-24-19-17-15-13-11-9-7-5-2)44-83-62-57(79)56(78)59(51(43-70)85-62)86-63-58(80)61(55(77)50(42-69)84-63)88-65(64(81)82)40-48(73)53(66-45(3)71)60(87-65)54(76)49(74)41-68/h36,38,46-51,53-63,68-70,72-74,76-80H,4-35,37,39-44H2,1-3H3,(H,66,71)(H,67,75)(H,81,82)/b38-36+/t46-,47+,48-,49+,50+,51+,53+,54+,55-,56+,57+,58+,59+,60+,61-,62+,63-,65-/m0/s1. The summed E-state index contributed by atoms with van der Waals surface area (Å²) >= 11 is 0. The Labute approximate surface area is 524 Å². The number of rotatable bonds is 51. The first kappa shape index (κ1) is 79.7. The van der Waals surface area contributed by atoms with E-state index in [-0.39, 0.29) is 12.3 Å². The van der Waals surface area contributed by atoms with Crippen LogP contribution in [0, 0.1) is 0 Å². The highest BCUT2D eigenvalue weighted by atomic mass is 16.8. The molecular formula is C65H120N2O21. The van der Waals surface area contributed by atoms with Crippen molar-refractivity contribution >= 4 is 17.8 Å². The Balaban J connectivity index is 1.61. The van der Waals surface area contributed by atoms with E-state index in [1.807, 2.05) is 6.08 Å². The van der Waals surface area contributed by atoms with Gasteiger partial charge in [0.25, 0.3) is 5.79 Å². The molecule has 0 aromatic heterocycles. The summed E-state index contributed by atoms with van der Waals surface area (Å²) in [6, 6.07) is -2.61. The summed E-state index contributed by atoms with van der Waals surface area (Å²) in [4.78, 5) is 38.5. The van der Waals surface area contributed by atoms with E-state index in [1.54, 1.807) is 6.08 Å². The molecule has 0 radical (unpaired) electrons. The number of aliphatic carboxylic acids is 1. The summed E-state index contributed by atoms with van der Waals surface area (Å²) in [5, 5.41) is 136. The molecule has 0 bridgehead atoms. The molecule has 3 saturated heterocycles. The third-order valence-corrected chi connectivity index (χ3v) is 17.5. The third-order valence-electron chi connectivity index (χ3n) is 17.5. The van der Waals surface area contributed by atoms with Crippen LogP contribution in [-0.2, 0) is 42.8 Å². The van der Waals surface area contributed by atoms with E-state index in [1.165, 1.54) is 154 Å². The number of allylic oxidation sites excluding steroid dienone is 1. The zero-order valence-electron chi connectivity index (χ0n) is 53.6. The number of amides is 2. The van der Waals surface area contributed by atoms with Gasteiger partial charge >= 0.3 is 5.97 Å². The van der Waals surface area contributed by atoms with E-state index < -0.39 is 155 Å². The molecule has 23 nitrogen and oxygen atoms in total. The third kappa shape index (κ3) is 29.2. The lowest BCUT2D eigenvalue weighted by atomic mass is 9.88. The minimum absolute atomic E-state index is 0.205. The first-order valence-electron chi connectivity index (χ1n) is 34.1. The molecule has 3 aliphatic heterocycles. The molecular weight excluding hydrogens is 1140 g/mol. The van der Waals surface area contributed by atoms with Crippen LogP contribution < -0.4 is 10.6 Å². The van der Waals surface area contributed by atoms with Crippen molar-refractivity contribution in [2.75, 3.05) is 26.4 Å². The van der Waals surface area contributed by atoms with Crippen molar-refractivity contribution in [3.8, 4) is 0 Å². The molecule has 0 aromatic rings. The Morgan fingerprint density at radius 2 is 1.06 bits per heavy atom. The van der Waals surface area contributed by atoms with Crippen LogP contribution in [0.2, 0.25) is 0 Å². The number of nitrogens with one attached hydrogen (secondary N) is 2. The van der Waals surface area contributed by atoms with Crippen molar-refractivity contribution in [1.29, 1.82) is 0 Å². The Morgan fingerprint density at radius 3 is 1.51 bits per heavy atom. The highest BCUT2D eigenvalue weighted by Crippen LogP contribution is 2.39. The number of hydrogen-bond acceptors (Lipinski definition) is 20. The normalized spacial score (nSPS) is 29.0. The van der Waals surface area contributed by atoms with Gasteiger partial charge in [-0.05, 0) is 19.3 Å². The number of aliphatic hydroxyl groups is 11. The first-order valence-corrected chi connectivity index (χ1v) is 34.1. The van der Waals surface area contributed by atoms with Gasteiger partial charge in [-0.1, -0.05) is 219 Å². The topological polar surface area (TPSA) is 373 Å². The zero-order valence-corrected chi connectivity index (χ0v) is 53.6. The first-order chi connectivity index (χ1) is 42.4. The summed E-state index contributed by atoms with van der Waals surface area (Å²) in [7, 11) is 0. The highest BCUT2D eigenvalue weighted by Gasteiger charge is 2.60. The molecule has 0 aromatic carbocycles. The predicted octanol–water partition coefficient (Wildman–Crippen LogP) is 5.51. The maximum Gasteiger partial charge on any atom is 0.364 e. The van der Waals surface area contributed by atoms with Crippen LogP contribution in [0.15, 0.2) is 12.2 Å². The van der Waals surface area contributed by atoms with Gasteiger partial charge in [0.15, 0.2) is 12.6 Å². The fourth-order valence-corrected chi connectivity index (χ4v) is 12.0. The van der Waals surface area contributed by atoms with E-state index in [4.69, 9.17) is 28.4 Å². The fourth-order valence-electron chi connectivity index (χ4n) is 12.0. The predicted molar refractivity (Wildman–Crippen MR) is 329 cm³/mol. The molecule has 3 fully saturated rings. The van der Waals surface area contributed by atoms with Crippen LogP contribution in [0.4, 0.5) is 0 Å². The summed E-state index contributed by atoms with van der Waals surface area (Å²) in [5.41, 5.74) is 0. The number of hydrogen-bond donors (Lipinski definition) is 14. The van der Waals surface area contributed by atoms with Crippen LogP contribution in [0.25, 0.3) is 0 Å². The van der Waals surface area contributed by atoms with E-state index >= 15 is 0 Å². The Hall–Kier alpha value is -2.53. The van der Waals surface area contributed by atoms with Crippen LogP contribution in [0.1, 0.15) is 245 Å². The van der Waals surface area contributed by atoms with Crippen molar-refractivity contribution in [1.82, 2.24) is 10.6 Å². The number of aliphatic hydroxyl groups excluding tert-OH is 11. The number of carboxylic acid groups (broad SMARTS) is 1. The van der Waals surface area contributed by atoms with Gasteiger partial charge in [0.05, 0.1) is 50.7 Å². The highest BCUT2D eigenvalue weighted by molar-refractivity contribution is 5.77. The van der Waals surface area contributed by atoms with Crippen molar-refractivity contribution in [3.63, 3.8) is 0 Å². The molecule has 0 spiro atoms. The van der Waals surface area contributed by atoms with Crippen LogP contribution >= 0.6 is 0 Å². The summed E-state index contributed by atoms with van der Waals surface area (Å²) in [6.45, 7) is 2.14. The number of carbonyl (C=O) groups is 3. The molecule has 3 heterocycles. The van der Waals surface area contributed by atoms with E-state index in [0.29, 0.717) is 12.8 Å². The number of carbonyl (C=O) groups excluding carboxylic acids is 2. The summed E-state index contributed by atoms with van der Waals surface area (Å²) in [6.07, 6.45) is 14.0. The lowest BCUT2D eigenvalue weighted by Crippen LogP contribution is -2.70. The second-order valence-corrected chi connectivity index (χ2v) is 25.0. The molecule has 14 N–H and O–H groups in total. The van der Waals surface area contributed by atoms with Gasteiger partial charge in [0.2, 0.25) is 11.8 Å². The maximum absolute atomic E-state index is 13.4. The van der Waals surface area contributed by atoms with Gasteiger partial charge in [-0.25, -0.2) is 4.79 Å². The summed E-state index contributed by atoms with van der Waals surface area (Å²) in [5.74, 6) is -6.14. The van der Waals surface area contributed by atoms with Crippen LogP contribution in [0.5, 0.6) is 0 Å². The van der Waals surface area contributed by atoms with Crippen molar-refractivity contribution < 1.29 is 104 Å². The number of ether oxygens (including phenoxy) is 6. The van der Waals surface area contributed by atoms with Crippen LogP contribution in [0.3, 0.4) is 0 Å². The lowest BCUT2D eigenvalue weighted by Gasteiger charge is -2.50. The average Bonchev–Trinajstić information content (AvgIpc) is 1.24. The Morgan fingerprint density at radius 1 is 0.591 bits per heavy atom. The smallest absolute Gasteiger partial charge is 0.364 e. The maximum atomic E-state index is 13.4. The van der Waals surface area contributed by atoms with Gasteiger partial charge in [-0.3, -0.25) is 9.59 Å². The summed E-state index contributed by atoms with van der Waals surface area (Å²) < 4.78 is 34.8. The van der Waals surface area contributed by atoms with Gasteiger partial charge in [-0.15, -0.1) is 0 Å². The van der Waals surface area contributed by atoms with Crippen molar-refractivity contribution in [2.45, 2.75) is 355 Å². The monoisotopic (exact) mass is 1260 g/mol. The van der Waals surface area contributed by atoms with Gasteiger partial charge < -0.3 is 100 Å². The van der Waals surface area contributed by atoms with Gasteiger partial charge in [-0.2, -0.15) is 0 Å². The van der Waals surface area contributed by atoms with Gasteiger partial charge in [0.1, 0.15) is 67.1 Å². The fraction of sp³-hybridized carbons (Fsp3) is 0.923. The average molecular weight is 1270 g/mol. The zero-order chi connectivity index (χ0) is 64.7. The number of unbranched alkanes of at least 4 members (excludes halogenated alkanes) is 31. The molecule has 88 heavy (non-hydrogen) atoms. The Kier molecular flexibility index (Phi) is 42.1. The largest absolute Gasteiger partial charge is 0.477 e. The molecule has 516 valence electrons. The number of carboxylic acids is 1. The minimum atomic E-state index is -3.08. The molecule has 18 atom stereocenters.